The monoisotopic (exact) mass is 239 g/mol. The molecule has 0 aliphatic heterocycles. The summed E-state index contributed by atoms with van der Waals surface area (Å²) in [6.45, 7) is 6.62. The number of nitrogens with one attached hydrogen (secondary N) is 1. The fourth-order valence-corrected chi connectivity index (χ4v) is 1.83. The van der Waals surface area contributed by atoms with Gasteiger partial charge in [0.2, 0.25) is 0 Å². The van der Waals surface area contributed by atoms with Gasteiger partial charge in [0.05, 0.1) is 6.61 Å². The van der Waals surface area contributed by atoms with Crippen LogP contribution in [0.4, 0.5) is 10.1 Å². The van der Waals surface area contributed by atoms with E-state index in [1.807, 2.05) is 13.0 Å². The van der Waals surface area contributed by atoms with Crippen molar-refractivity contribution >= 4 is 5.69 Å². The Morgan fingerprint density at radius 2 is 2.06 bits per heavy atom. The van der Waals surface area contributed by atoms with Gasteiger partial charge >= 0.3 is 0 Å². The highest BCUT2D eigenvalue weighted by atomic mass is 19.1. The first-order valence-corrected chi connectivity index (χ1v) is 6.40. The van der Waals surface area contributed by atoms with Crippen LogP contribution >= 0.6 is 0 Å². The van der Waals surface area contributed by atoms with Gasteiger partial charge in [0.15, 0.2) is 11.6 Å². The van der Waals surface area contributed by atoms with Crippen LogP contribution < -0.4 is 10.1 Å². The summed E-state index contributed by atoms with van der Waals surface area (Å²) >= 11 is 0. The number of halogens is 1. The molecule has 0 spiro atoms. The first-order valence-electron chi connectivity index (χ1n) is 6.40. The van der Waals surface area contributed by atoms with E-state index in [9.17, 15) is 4.39 Å². The standard InChI is InChI=1S/C14H22FNO/c1-4-7-11(5-2)16-12-8-9-14(17-6-3)13(15)10-12/h8-11,16H,4-7H2,1-3H3. The third kappa shape index (κ3) is 4.25. The fraction of sp³-hybridized carbons (Fsp3) is 0.571. The summed E-state index contributed by atoms with van der Waals surface area (Å²) in [6, 6.07) is 5.47. The van der Waals surface area contributed by atoms with Crippen molar-refractivity contribution in [3.05, 3.63) is 24.0 Å². The molecule has 0 aromatic heterocycles. The molecule has 0 radical (unpaired) electrons. The summed E-state index contributed by atoms with van der Waals surface area (Å²) in [5.41, 5.74) is 0.825. The van der Waals surface area contributed by atoms with Gasteiger partial charge in [-0.15, -0.1) is 0 Å². The Morgan fingerprint density at radius 3 is 2.59 bits per heavy atom. The summed E-state index contributed by atoms with van der Waals surface area (Å²) in [6.07, 6.45) is 3.28. The third-order valence-electron chi connectivity index (χ3n) is 2.73. The normalized spacial score (nSPS) is 12.2. The molecule has 0 fully saturated rings. The molecular formula is C14H22FNO. The summed E-state index contributed by atoms with van der Waals surface area (Å²) < 4.78 is 18.8. The highest BCUT2D eigenvalue weighted by Gasteiger charge is 2.08. The van der Waals surface area contributed by atoms with E-state index in [-0.39, 0.29) is 5.82 Å². The quantitative estimate of drug-likeness (QED) is 0.769. The molecule has 2 nitrogen and oxygen atoms in total. The Balaban J connectivity index is 2.68. The summed E-state index contributed by atoms with van der Waals surface area (Å²) in [5.74, 6) is 0.0183. The van der Waals surface area contributed by atoms with Gasteiger partial charge < -0.3 is 10.1 Å². The first-order chi connectivity index (χ1) is 8.21. The van der Waals surface area contributed by atoms with Crippen LogP contribution in [-0.2, 0) is 0 Å². The van der Waals surface area contributed by atoms with Gasteiger partial charge in [-0.25, -0.2) is 4.39 Å². The molecule has 0 aliphatic carbocycles. The van der Waals surface area contributed by atoms with Crippen molar-refractivity contribution in [3.63, 3.8) is 0 Å². The summed E-state index contributed by atoms with van der Waals surface area (Å²) in [7, 11) is 0. The average Bonchev–Trinajstić information content (AvgIpc) is 2.32. The van der Waals surface area contributed by atoms with Gasteiger partial charge in [0, 0.05) is 17.8 Å². The minimum atomic E-state index is -0.303. The van der Waals surface area contributed by atoms with E-state index in [1.165, 1.54) is 6.07 Å². The zero-order valence-corrected chi connectivity index (χ0v) is 10.9. The van der Waals surface area contributed by atoms with Gasteiger partial charge in [-0.3, -0.25) is 0 Å². The second-order valence-corrected chi connectivity index (χ2v) is 4.12. The van der Waals surface area contributed by atoms with Crippen molar-refractivity contribution in [1.29, 1.82) is 0 Å². The molecule has 0 bridgehead atoms. The minimum absolute atomic E-state index is 0.303. The Kier molecular flexibility index (Phi) is 5.81. The Bertz CT molecular complexity index is 341. The van der Waals surface area contributed by atoms with Crippen molar-refractivity contribution in [2.75, 3.05) is 11.9 Å². The van der Waals surface area contributed by atoms with Crippen molar-refractivity contribution in [2.24, 2.45) is 0 Å². The predicted molar refractivity (Wildman–Crippen MR) is 70.2 cm³/mol. The van der Waals surface area contributed by atoms with E-state index in [0.717, 1.165) is 24.9 Å². The van der Waals surface area contributed by atoms with Gasteiger partial charge in [-0.05, 0) is 31.9 Å². The van der Waals surface area contributed by atoms with E-state index in [0.29, 0.717) is 18.4 Å². The van der Waals surface area contributed by atoms with Crippen LogP contribution in [0, 0.1) is 5.82 Å². The molecule has 1 rings (SSSR count). The first kappa shape index (κ1) is 13.8. The Hall–Kier alpha value is -1.25. The lowest BCUT2D eigenvalue weighted by Gasteiger charge is -2.18. The highest BCUT2D eigenvalue weighted by molar-refractivity contribution is 5.47. The molecule has 1 aromatic carbocycles. The van der Waals surface area contributed by atoms with Crippen molar-refractivity contribution in [1.82, 2.24) is 0 Å². The minimum Gasteiger partial charge on any atom is -0.491 e. The van der Waals surface area contributed by atoms with Gasteiger partial charge in [0.1, 0.15) is 0 Å². The number of benzene rings is 1. The maximum Gasteiger partial charge on any atom is 0.167 e. The second-order valence-electron chi connectivity index (χ2n) is 4.12. The molecule has 1 aromatic rings. The predicted octanol–water partition coefficient (Wildman–Crippen LogP) is 4.22. The smallest absolute Gasteiger partial charge is 0.167 e. The number of rotatable bonds is 7. The number of hydrogen-bond donors (Lipinski definition) is 1. The molecule has 1 atom stereocenters. The molecule has 0 heterocycles. The SMILES string of the molecule is CCCC(CC)Nc1ccc(OCC)c(F)c1. The van der Waals surface area contributed by atoms with Crippen LogP contribution in [0.25, 0.3) is 0 Å². The Labute approximate surface area is 103 Å². The zero-order chi connectivity index (χ0) is 12.7. The van der Waals surface area contributed by atoms with Crippen molar-refractivity contribution < 1.29 is 9.13 Å². The van der Waals surface area contributed by atoms with Crippen LogP contribution in [0.3, 0.4) is 0 Å². The van der Waals surface area contributed by atoms with Gasteiger partial charge in [0.25, 0.3) is 0 Å². The molecule has 0 aliphatic rings. The number of anilines is 1. The van der Waals surface area contributed by atoms with Crippen LogP contribution in [0.5, 0.6) is 5.75 Å². The van der Waals surface area contributed by atoms with E-state index in [2.05, 4.69) is 19.2 Å². The lowest BCUT2D eigenvalue weighted by molar-refractivity contribution is 0.321. The van der Waals surface area contributed by atoms with Crippen LogP contribution in [0.15, 0.2) is 18.2 Å². The van der Waals surface area contributed by atoms with E-state index < -0.39 is 0 Å². The number of hydrogen-bond acceptors (Lipinski definition) is 2. The summed E-state index contributed by atoms with van der Waals surface area (Å²) in [5, 5.41) is 3.34. The average molecular weight is 239 g/mol. The fourth-order valence-electron chi connectivity index (χ4n) is 1.83. The molecule has 0 amide bonds. The van der Waals surface area contributed by atoms with Crippen LogP contribution in [0.1, 0.15) is 40.0 Å². The topological polar surface area (TPSA) is 21.3 Å². The Morgan fingerprint density at radius 1 is 1.29 bits per heavy atom. The van der Waals surface area contributed by atoms with Crippen molar-refractivity contribution in [2.45, 2.75) is 46.1 Å². The van der Waals surface area contributed by atoms with E-state index in [4.69, 9.17) is 4.74 Å². The van der Waals surface area contributed by atoms with E-state index in [1.54, 1.807) is 6.07 Å². The molecule has 96 valence electrons. The maximum atomic E-state index is 13.6. The number of ether oxygens (including phenoxy) is 1. The zero-order valence-electron chi connectivity index (χ0n) is 10.9. The third-order valence-corrected chi connectivity index (χ3v) is 2.73. The molecule has 0 saturated carbocycles. The van der Waals surface area contributed by atoms with Crippen LogP contribution in [0.2, 0.25) is 0 Å². The molecular weight excluding hydrogens is 217 g/mol. The van der Waals surface area contributed by atoms with Gasteiger partial charge in [-0.1, -0.05) is 20.3 Å². The highest BCUT2D eigenvalue weighted by Crippen LogP contribution is 2.22. The molecule has 3 heteroatoms. The van der Waals surface area contributed by atoms with E-state index >= 15 is 0 Å². The lowest BCUT2D eigenvalue weighted by Crippen LogP contribution is -2.17. The molecule has 0 saturated heterocycles. The van der Waals surface area contributed by atoms with Crippen LogP contribution in [-0.4, -0.2) is 12.6 Å². The molecule has 17 heavy (non-hydrogen) atoms. The van der Waals surface area contributed by atoms with Crippen molar-refractivity contribution in [3.8, 4) is 5.75 Å². The molecule has 1 unspecified atom stereocenters. The van der Waals surface area contributed by atoms with Gasteiger partial charge in [-0.2, -0.15) is 0 Å². The lowest BCUT2D eigenvalue weighted by atomic mass is 10.1. The maximum absolute atomic E-state index is 13.6. The summed E-state index contributed by atoms with van der Waals surface area (Å²) in [4.78, 5) is 0. The molecule has 1 N–H and O–H groups in total. The largest absolute Gasteiger partial charge is 0.491 e. The second kappa shape index (κ2) is 7.15.